The lowest BCUT2D eigenvalue weighted by molar-refractivity contribution is 0.0940. The standard InChI is InChI=1S/C12H16O2/c1-9-4-3-5-10(2)11(9)14-12(8-13)6-7-12/h3-5,13H,6-8H2,1-2H3. The van der Waals surface area contributed by atoms with Gasteiger partial charge in [0.2, 0.25) is 0 Å². The minimum atomic E-state index is -0.267. The summed E-state index contributed by atoms with van der Waals surface area (Å²) < 4.78 is 5.87. The van der Waals surface area contributed by atoms with E-state index in [0.29, 0.717) is 0 Å². The van der Waals surface area contributed by atoms with Crippen LogP contribution in [0, 0.1) is 13.8 Å². The second kappa shape index (κ2) is 3.28. The Morgan fingerprint density at radius 1 is 1.29 bits per heavy atom. The third kappa shape index (κ3) is 1.62. The maximum absolute atomic E-state index is 9.17. The Hall–Kier alpha value is -1.02. The van der Waals surface area contributed by atoms with Crippen molar-refractivity contribution in [2.24, 2.45) is 0 Å². The monoisotopic (exact) mass is 192 g/mol. The number of aryl methyl sites for hydroxylation is 2. The highest BCUT2D eigenvalue weighted by Crippen LogP contribution is 2.41. The van der Waals surface area contributed by atoms with Gasteiger partial charge in [-0.05, 0) is 37.8 Å². The first-order valence-electron chi connectivity index (χ1n) is 5.03. The van der Waals surface area contributed by atoms with Gasteiger partial charge in [0.25, 0.3) is 0 Å². The second-order valence-electron chi connectivity index (χ2n) is 4.16. The lowest BCUT2D eigenvalue weighted by atomic mass is 10.1. The highest BCUT2D eigenvalue weighted by molar-refractivity contribution is 5.40. The van der Waals surface area contributed by atoms with Crippen LogP contribution in [0.15, 0.2) is 18.2 Å². The number of ether oxygens (including phenoxy) is 1. The molecule has 0 unspecified atom stereocenters. The molecular weight excluding hydrogens is 176 g/mol. The van der Waals surface area contributed by atoms with Crippen molar-refractivity contribution in [3.8, 4) is 5.75 Å². The van der Waals surface area contributed by atoms with E-state index in [4.69, 9.17) is 4.74 Å². The van der Waals surface area contributed by atoms with Gasteiger partial charge in [-0.1, -0.05) is 18.2 Å². The van der Waals surface area contributed by atoms with E-state index in [0.717, 1.165) is 29.7 Å². The van der Waals surface area contributed by atoms with Crippen LogP contribution in [0.25, 0.3) is 0 Å². The van der Waals surface area contributed by atoms with E-state index in [2.05, 4.69) is 0 Å². The summed E-state index contributed by atoms with van der Waals surface area (Å²) in [4.78, 5) is 0. The molecular formula is C12H16O2. The molecule has 0 aliphatic heterocycles. The summed E-state index contributed by atoms with van der Waals surface area (Å²) in [6.45, 7) is 4.20. The topological polar surface area (TPSA) is 29.5 Å². The van der Waals surface area contributed by atoms with Gasteiger partial charge in [-0.15, -0.1) is 0 Å². The van der Waals surface area contributed by atoms with E-state index in [1.54, 1.807) is 0 Å². The largest absolute Gasteiger partial charge is 0.484 e. The molecule has 1 N–H and O–H groups in total. The maximum Gasteiger partial charge on any atom is 0.132 e. The molecule has 1 fully saturated rings. The minimum Gasteiger partial charge on any atom is -0.484 e. The second-order valence-corrected chi connectivity index (χ2v) is 4.16. The van der Waals surface area contributed by atoms with Crippen molar-refractivity contribution < 1.29 is 9.84 Å². The lowest BCUT2D eigenvalue weighted by Gasteiger charge is -2.18. The van der Waals surface area contributed by atoms with Crippen LogP contribution in [0.2, 0.25) is 0 Å². The zero-order valence-corrected chi connectivity index (χ0v) is 8.71. The van der Waals surface area contributed by atoms with Crippen LogP contribution in [-0.2, 0) is 0 Å². The zero-order chi connectivity index (χ0) is 10.2. The number of rotatable bonds is 3. The first kappa shape index (κ1) is 9.53. The van der Waals surface area contributed by atoms with Crippen LogP contribution in [0.3, 0.4) is 0 Å². The predicted octanol–water partition coefficient (Wildman–Crippen LogP) is 2.21. The molecule has 2 rings (SSSR count). The molecule has 0 spiro atoms. The third-order valence-corrected chi connectivity index (χ3v) is 2.82. The molecule has 0 radical (unpaired) electrons. The summed E-state index contributed by atoms with van der Waals surface area (Å²) in [7, 11) is 0. The Labute approximate surface area is 84.5 Å². The minimum absolute atomic E-state index is 0.126. The fourth-order valence-corrected chi connectivity index (χ4v) is 1.61. The van der Waals surface area contributed by atoms with Gasteiger partial charge >= 0.3 is 0 Å². The number of hydrogen-bond donors (Lipinski definition) is 1. The first-order chi connectivity index (χ1) is 6.67. The van der Waals surface area contributed by atoms with Crippen molar-refractivity contribution in [2.45, 2.75) is 32.3 Å². The zero-order valence-electron chi connectivity index (χ0n) is 8.71. The Morgan fingerprint density at radius 2 is 1.86 bits per heavy atom. The molecule has 0 amide bonds. The normalized spacial score (nSPS) is 17.9. The molecule has 2 heteroatoms. The average molecular weight is 192 g/mol. The summed E-state index contributed by atoms with van der Waals surface area (Å²) in [5, 5.41) is 9.17. The SMILES string of the molecule is Cc1cccc(C)c1OC1(CO)CC1. The Morgan fingerprint density at radius 3 is 2.29 bits per heavy atom. The van der Waals surface area contributed by atoms with Crippen LogP contribution in [0.5, 0.6) is 5.75 Å². The Kier molecular flexibility index (Phi) is 2.23. The molecule has 1 aliphatic rings. The fraction of sp³-hybridized carbons (Fsp3) is 0.500. The predicted molar refractivity (Wildman–Crippen MR) is 55.6 cm³/mol. The van der Waals surface area contributed by atoms with Gasteiger partial charge in [-0.25, -0.2) is 0 Å². The molecule has 0 heterocycles. The van der Waals surface area contributed by atoms with Crippen LogP contribution in [0.4, 0.5) is 0 Å². The number of para-hydroxylation sites is 1. The number of hydrogen-bond acceptors (Lipinski definition) is 2. The van der Waals surface area contributed by atoms with E-state index in [1.165, 1.54) is 0 Å². The highest BCUT2D eigenvalue weighted by Gasteiger charge is 2.45. The van der Waals surface area contributed by atoms with Gasteiger partial charge in [0.15, 0.2) is 0 Å². The van der Waals surface area contributed by atoms with E-state index in [1.807, 2.05) is 32.0 Å². The summed E-state index contributed by atoms with van der Waals surface area (Å²) >= 11 is 0. The van der Waals surface area contributed by atoms with E-state index in [-0.39, 0.29) is 12.2 Å². The van der Waals surface area contributed by atoms with Gasteiger partial charge in [0.1, 0.15) is 11.4 Å². The van der Waals surface area contributed by atoms with E-state index < -0.39 is 0 Å². The van der Waals surface area contributed by atoms with Gasteiger partial charge in [0, 0.05) is 0 Å². The molecule has 1 aromatic carbocycles. The Balaban J connectivity index is 2.24. The van der Waals surface area contributed by atoms with Crippen LogP contribution in [0.1, 0.15) is 24.0 Å². The molecule has 2 nitrogen and oxygen atoms in total. The highest BCUT2D eigenvalue weighted by atomic mass is 16.5. The smallest absolute Gasteiger partial charge is 0.132 e. The van der Waals surface area contributed by atoms with Crippen LogP contribution < -0.4 is 4.74 Å². The van der Waals surface area contributed by atoms with Crippen LogP contribution >= 0.6 is 0 Å². The molecule has 1 aliphatic carbocycles. The summed E-state index contributed by atoms with van der Waals surface area (Å²) in [6.07, 6.45) is 1.94. The molecule has 0 atom stereocenters. The number of benzene rings is 1. The van der Waals surface area contributed by atoms with Crippen molar-refractivity contribution in [1.82, 2.24) is 0 Å². The third-order valence-electron chi connectivity index (χ3n) is 2.82. The molecule has 0 aromatic heterocycles. The molecule has 1 saturated carbocycles. The van der Waals surface area contributed by atoms with Gasteiger partial charge in [-0.3, -0.25) is 0 Å². The summed E-state index contributed by atoms with van der Waals surface area (Å²) in [5.74, 6) is 0.944. The van der Waals surface area contributed by atoms with E-state index in [9.17, 15) is 5.11 Å². The van der Waals surface area contributed by atoms with Crippen molar-refractivity contribution in [3.05, 3.63) is 29.3 Å². The maximum atomic E-state index is 9.17. The van der Waals surface area contributed by atoms with Crippen molar-refractivity contribution >= 4 is 0 Å². The number of aliphatic hydroxyl groups excluding tert-OH is 1. The quantitative estimate of drug-likeness (QED) is 0.795. The average Bonchev–Trinajstić information content (AvgIpc) is 2.93. The molecule has 0 saturated heterocycles. The van der Waals surface area contributed by atoms with Gasteiger partial charge < -0.3 is 9.84 Å². The molecule has 76 valence electrons. The molecule has 1 aromatic rings. The van der Waals surface area contributed by atoms with Crippen molar-refractivity contribution in [1.29, 1.82) is 0 Å². The van der Waals surface area contributed by atoms with Crippen LogP contribution in [-0.4, -0.2) is 17.3 Å². The van der Waals surface area contributed by atoms with Crippen molar-refractivity contribution in [2.75, 3.05) is 6.61 Å². The van der Waals surface area contributed by atoms with Crippen molar-refractivity contribution in [3.63, 3.8) is 0 Å². The fourth-order valence-electron chi connectivity index (χ4n) is 1.61. The molecule has 14 heavy (non-hydrogen) atoms. The Bertz CT molecular complexity index is 320. The first-order valence-corrected chi connectivity index (χ1v) is 5.03. The number of aliphatic hydroxyl groups is 1. The summed E-state index contributed by atoms with van der Waals surface area (Å²) in [5.41, 5.74) is 2.02. The molecule has 0 bridgehead atoms. The summed E-state index contributed by atoms with van der Waals surface area (Å²) in [6, 6.07) is 6.10. The van der Waals surface area contributed by atoms with Gasteiger partial charge in [0.05, 0.1) is 6.61 Å². The lowest BCUT2D eigenvalue weighted by Crippen LogP contribution is -2.23. The van der Waals surface area contributed by atoms with E-state index >= 15 is 0 Å². The van der Waals surface area contributed by atoms with Gasteiger partial charge in [-0.2, -0.15) is 0 Å².